The summed E-state index contributed by atoms with van der Waals surface area (Å²) in [4.78, 5) is 0. The zero-order valence-corrected chi connectivity index (χ0v) is 6.65. The van der Waals surface area contributed by atoms with Crippen LogP contribution in [0.3, 0.4) is 0 Å². The van der Waals surface area contributed by atoms with Crippen LogP contribution in [0, 0.1) is 11.5 Å². The molecule has 1 heterocycles. The van der Waals surface area contributed by atoms with Gasteiger partial charge in [-0.15, -0.1) is 5.12 Å². The molecule has 0 unspecified atom stereocenters. The Labute approximate surface area is 70.6 Å². The highest BCUT2D eigenvalue weighted by atomic mass is 15.8. The van der Waals surface area contributed by atoms with Gasteiger partial charge in [0.1, 0.15) is 0 Å². The van der Waals surface area contributed by atoms with Gasteiger partial charge in [-0.05, 0) is 12.1 Å². The van der Waals surface area contributed by atoms with Crippen LogP contribution in [0.4, 0.5) is 11.4 Å². The predicted octanol–water partition coefficient (Wildman–Crippen LogP) is 1.16. The first-order valence-corrected chi connectivity index (χ1v) is 3.62. The number of para-hydroxylation sites is 2. The number of nitriles is 1. The quantitative estimate of drug-likeness (QED) is 0.578. The van der Waals surface area contributed by atoms with Crippen LogP contribution < -0.4 is 10.4 Å². The summed E-state index contributed by atoms with van der Waals surface area (Å²) in [6.45, 7) is 0. The maximum absolute atomic E-state index is 8.78. The Hall–Kier alpha value is -1.73. The number of nitrogens with one attached hydrogen (secondary N) is 1. The number of benzene rings is 1. The first-order valence-electron chi connectivity index (χ1n) is 3.62. The van der Waals surface area contributed by atoms with E-state index >= 15 is 0 Å². The van der Waals surface area contributed by atoms with Crippen molar-refractivity contribution in [1.82, 2.24) is 5.12 Å². The lowest BCUT2D eigenvalue weighted by atomic mass is 10.3. The van der Waals surface area contributed by atoms with Gasteiger partial charge in [-0.25, -0.2) is 0 Å². The third-order valence-corrected chi connectivity index (χ3v) is 1.81. The second-order valence-corrected chi connectivity index (χ2v) is 2.56. The molecule has 1 aromatic rings. The molecule has 1 aromatic carbocycles. The highest BCUT2D eigenvalue weighted by molar-refractivity contribution is 5.74. The second-order valence-electron chi connectivity index (χ2n) is 2.56. The van der Waals surface area contributed by atoms with Crippen LogP contribution in [0.25, 0.3) is 0 Å². The summed E-state index contributed by atoms with van der Waals surface area (Å²) in [6.07, 6.45) is 2.07. The molecule has 2 rings (SSSR count). The molecular formula is C8H8N4. The van der Waals surface area contributed by atoms with Crippen LogP contribution >= 0.6 is 0 Å². The van der Waals surface area contributed by atoms with E-state index in [0.717, 1.165) is 11.4 Å². The van der Waals surface area contributed by atoms with Crippen molar-refractivity contribution in [3.8, 4) is 6.19 Å². The van der Waals surface area contributed by atoms with Gasteiger partial charge in [0.2, 0.25) is 6.19 Å². The lowest BCUT2D eigenvalue weighted by molar-refractivity contribution is 0.434. The van der Waals surface area contributed by atoms with Crippen molar-refractivity contribution in [2.75, 3.05) is 17.5 Å². The summed E-state index contributed by atoms with van der Waals surface area (Å²) in [5, 5.41) is 11.9. The summed E-state index contributed by atoms with van der Waals surface area (Å²) >= 11 is 0. The fourth-order valence-corrected chi connectivity index (χ4v) is 1.26. The van der Waals surface area contributed by atoms with Gasteiger partial charge >= 0.3 is 0 Å². The van der Waals surface area contributed by atoms with Crippen molar-refractivity contribution in [2.24, 2.45) is 0 Å². The zero-order chi connectivity index (χ0) is 8.55. The SMILES string of the molecule is CN1Nc2ccccc2N1C#N. The lowest BCUT2D eigenvalue weighted by Gasteiger charge is -2.15. The van der Waals surface area contributed by atoms with Gasteiger partial charge in [-0.1, -0.05) is 12.1 Å². The Bertz CT molecular complexity index is 341. The minimum Gasteiger partial charge on any atom is -0.298 e. The van der Waals surface area contributed by atoms with E-state index in [1.807, 2.05) is 24.3 Å². The molecule has 0 saturated carbocycles. The van der Waals surface area contributed by atoms with Crippen molar-refractivity contribution >= 4 is 11.4 Å². The maximum Gasteiger partial charge on any atom is 0.202 e. The van der Waals surface area contributed by atoms with Crippen LogP contribution in [-0.2, 0) is 0 Å². The van der Waals surface area contributed by atoms with Crippen molar-refractivity contribution in [2.45, 2.75) is 0 Å². The van der Waals surface area contributed by atoms with E-state index in [-0.39, 0.29) is 0 Å². The highest BCUT2D eigenvalue weighted by Crippen LogP contribution is 2.31. The van der Waals surface area contributed by atoms with Crippen molar-refractivity contribution in [1.29, 1.82) is 5.26 Å². The number of rotatable bonds is 0. The molecule has 0 aromatic heterocycles. The highest BCUT2D eigenvalue weighted by Gasteiger charge is 2.22. The largest absolute Gasteiger partial charge is 0.298 e. The van der Waals surface area contributed by atoms with Crippen LogP contribution in [0.2, 0.25) is 0 Å². The standard InChI is InChI=1S/C8H8N4/c1-11-10-7-4-2-3-5-8(7)12(11)6-9/h2-5,10H,1H3. The molecule has 0 aliphatic carbocycles. The fourth-order valence-electron chi connectivity index (χ4n) is 1.26. The van der Waals surface area contributed by atoms with E-state index < -0.39 is 0 Å². The Morgan fingerprint density at radius 2 is 2.17 bits per heavy atom. The first-order chi connectivity index (χ1) is 5.83. The molecule has 1 N–H and O–H groups in total. The predicted molar refractivity (Wildman–Crippen MR) is 45.9 cm³/mol. The van der Waals surface area contributed by atoms with Crippen LogP contribution in [0.1, 0.15) is 0 Å². The zero-order valence-electron chi connectivity index (χ0n) is 6.65. The number of hydrogen-bond acceptors (Lipinski definition) is 4. The van der Waals surface area contributed by atoms with E-state index in [0.29, 0.717) is 0 Å². The Kier molecular flexibility index (Phi) is 1.39. The van der Waals surface area contributed by atoms with Crippen molar-refractivity contribution < 1.29 is 0 Å². The van der Waals surface area contributed by atoms with Crippen LogP contribution in [0.15, 0.2) is 24.3 Å². The average Bonchev–Trinajstić information content (AvgIpc) is 2.40. The summed E-state index contributed by atoms with van der Waals surface area (Å²) in [6, 6.07) is 7.67. The Morgan fingerprint density at radius 1 is 1.42 bits per heavy atom. The van der Waals surface area contributed by atoms with Gasteiger partial charge < -0.3 is 0 Å². The number of fused-ring (bicyclic) bond motifs is 1. The lowest BCUT2D eigenvalue weighted by Crippen LogP contribution is -2.34. The van der Waals surface area contributed by atoms with E-state index in [4.69, 9.17) is 5.26 Å². The second kappa shape index (κ2) is 2.40. The summed E-state index contributed by atoms with van der Waals surface area (Å²) in [5.74, 6) is 0. The smallest absolute Gasteiger partial charge is 0.202 e. The molecule has 0 bridgehead atoms. The normalized spacial score (nSPS) is 15.2. The van der Waals surface area contributed by atoms with E-state index in [1.54, 1.807) is 12.2 Å². The van der Waals surface area contributed by atoms with Crippen LogP contribution in [-0.4, -0.2) is 12.2 Å². The minimum atomic E-state index is 0.891. The van der Waals surface area contributed by atoms with Gasteiger partial charge in [-0.3, -0.25) is 5.43 Å². The first kappa shape index (κ1) is 6.95. The molecule has 0 atom stereocenters. The third kappa shape index (κ3) is 0.807. The van der Waals surface area contributed by atoms with Gasteiger partial charge in [-0.2, -0.15) is 10.3 Å². The molecular weight excluding hydrogens is 152 g/mol. The number of anilines is 2. The molecule has 1 aliphatic heterocycles. The maximum atomic E-state index is 8.78. The Balaban J connectivity index is 2.49. The number of hydrazine groups is 2. The summed E-state index contributed by atoms with van der Waals surface area (Å²) in [7, 11) is 1.79. The molecule has 60 valence electrons. The molecule has 4 nitrogen and oxygen atoms in total. The molecule has 12 heavy (non-hydrogen) atoms. The molecule has 0 radical (unpaired) electrons. The molecule has 0 saturated heterocycles. The van der Waals surface area contributed by atoms with Gasteiger partial charge in [0.25, 0.3) is 0 Å². The average molecular weight is 160 g/mol. The van der Waals surface area contributed by atoms with E-state index in [1.165, 1.54) is 5.01 Å². The molecule has 4 heteroatoms. The van der Waals surface area contributed by atoms with E-state index in [9.17, 15) is 0 Å². The fraction of sp³-hybridized carbons (Fsp3) is 0.125. The Morgan fingerprint density at radius 3 is 2.92 bits per heavy atom. The molecule has 1 aliphatic rings. The monoisotopic (exact) mass is 160 g/mol. The van der Waals surface area contributed by atoms with E-state index in [2.05, 4.69) is 11.6 Å². The third-order valence-electron chi connectivity index (χ3n) is 1.81. The van der Waals surface area contributed by atoms with Gasteiger partial charge in [0, 0.05) is 7.05 Å². The minimum absolute atomic E-state index is 0.891. The van der Waals surface area contributed by atoms with Gasteiger partial charge in [0.05, 0.1) is 11.4 Å². The molecule has 0 fully saturated rings. The molecule has 0 spiro atoms. The number of nitrogens with zero attached hydrogens (tertiary/aromatic N) is 3. The van der Waals surface area contributed by atoms with Gasteiger partial charge in [0.15, 0.2) is 0 Å². The summed E-state index contributed by atoms with van der Waals surface area (Å²) < 4.78 is 0. The molecule has 0 amide bonds. The number of hydrogen-bond donors (Lipinski definition) is 1. The topological polar surface area (TPSA) is 42.3 Å². The van der Waals surface area contributed by atoms with Crippen molar-refractivity contribution in [3.63, 3.8) is 0 Å². The summed E-state index contributed by atoms with van der Waals surface area (Å²) in [5.41, 5.74) is 4.89. The van der Waals surface area contributed by atoms with Crippen LogP contribution in [0.5, 0.6) is 0 Å². The van der Waals surface area contributed by atoms with Crippen molar-refractivity contribution in [3.05, 3.63) is 24.3 Å².